The van der Waals surface area contributed by atoms with Crippen LogP contribution in [0.25, 0.3) is 0 Å². The van der Waals surface area contributed by atoms with Crippen LogP contribution in [0.3, 0.4) is 0 Å². The van der Waals surface area contributed by atoms with Gasteiger partial charge in [-0.2, -0.15) is 0 Å². The SMILES string of the molecule is Cl.FC1(F)CC1COc1ccc(C2CCNCC2)cc1. The van der Waals surface area contributed by atoms with Crippen molar-refractivity contribution in [2.45, 2.75) is 31.1 Å². The van der Waals surface area contributed by atoms with Crippen molar-refractivity contribution >= 4 is 12.4 Å². The van der Waals surface area contributed by atoms with Gasteiger partial charge in [-0.25, -0.2) is 8.78 Å². The third-order valence-corrected chi connectivity index (χ3v) is 4.10. The highest BCUT2D eigenvalue weighted by Crippen LogP contribution is 2.48. The average Bonchev–Trinajstić information content (AvgIpc) is 3.06. The maximum absolute atomic E-state index is 12.7. The quantitative estimate of drug-likeness (QED) is 0.917. The topological polar surface area (TPSA) is 21.3 Å². The van der Waals surface area contributed by atoms with Crippen LogP contribution in [0, 0.1) is 5.92 Å². The molecule has 1 heterocycles. The summed E-state index contributed by atoms with van der Waals surface area (Å²) in [5.41, 5.74) is 1.32. The zero-order chi connectivity index (χ0) is 13.3. The third kappa shape index (κ3) is 3.61. The molecule has 1 aliphatic heterocycles. The van der Waals surface area contributed by atoms with Crippen LogP contribution in [0.4, 0.5) is 8.78 Å². The van der Waals surface area contributed by atoms with Crippen LogP contribution in [0.5, 0.6) is 5.75 Å². The van der Waals surface area contributed by atoms with Crippen LogP contribution >= 0.6 is 12.4 Å². The van der Waals surface area contributed by atoms with Crippen molar-refractivity contribution in [2.75, 3.05) is 19.7 Å². The van der Waals surface area contributed by atoms with Gasteiger partial charge in [0.2, 0.25) is 0 Å². The molecule has 3 rings (SSSR count). The molecule has 0 spiro atoms. The molecule has 1 unspecified atom stereocenters. The molecule has 0 amide bonds. The minimum Gasteiger partial charge on any atom is -0.493 e. The number of halogens is 3. The monoisotopic (exact) mass is 303 g/mol. The lowest BCUT2D eigenvalue weighted by Gasteiger charge is -2.23. The molecule has 112 valence electrons. The zero-order valence-electron chi connectivity index (χ0n) is 11.3. The number of rotatable bonds is 4. The highest BCUT2D eigenvalue weighted by atomic mass is 35.5. The largest absolute Gasteiger partial charge is 0.493 e. The molecule has 1 saturated carbocycles. The molecule has 1 aliphatic carbocycles. The van der Waals surface area contributed by atoms with E-state index in [0.29, 0.717) is 11.7 Å². The van der Waals surface area contributed by atoms with Gasteiger partial charge in [-0.1, -0.05) is 12.1 Å². The van der Waals surface area contributed by atoms with E-state index in [-0.39, 0.29) is 25.4 Å². The Bertz CT molecular complexity index is 432. The molecule has 2 nitrogen and oxygen atoms in total. The summed E-state index contributed by atoms with van der Waals surface area (Å²) >= 11 is 0. The van der Waals surface area contributed by atoms with Gasteiger partial charge in [0, 0.05) is 6.42 Å². The molecule has 20 heavy (non-hydrogen) atoms. The van der Waals surface area contributed by atoms with E-state index in [0.717, 1.165) is 25.9 Å². The van der Waals surface area contributed by atoms with Gasteiger partial charge >= 0.3 is 0 Å². The first-order valence-electron chi connectivity index (χ1n) is 6.96. The Labute approximate surface area is 124 Å². The molecular formula is C15H20ClF2NO. The van der Waals surface area contributed by atoms with Crippen LogP contribution in [0.15, 0.2) is 24.3 Å². The number of hydrogen-bond acceptors (Lipinski definition) is 2. The number of hydrogen-bond donors (Lipinski definition) is 1. The summed E-state index contributed by atoms with van der Waals surface area (Å²) in [6.45, 7) is 2.26. The summed E-state index contributed by atoms with van der Waals surface area (Å²) in [5, 5.41) is 3.35. The van der Waals surface area contributed by atoms with E-state index in [2.05, 4.69) is 17.4 Å². The maximum Gasteiger partial charge on any atom is 0.255 e. The van der Waals surface area contributed by atoms with Gasteiger partial charge in [0.05, 0.1) is 12.5 Å². The Balaban J connectivity index is 0.00000147. The standard InChI is InChI=1S/C15H19F2NO.ClH/c16-15(17)9-13(15)10-19-14-3-1-11(2-4-14)12-5-7-18-8-6-12;/h1-4,12-13,18H,5-10H2;1H. The van der Waals surface area contributed by atoms with Gasteiger partial charge in [0.15, 0.2) is 0 Å². The third-order valence-electron chi connectivity index (χ3n) is 4.10. The minimum absolute atomic E-state index is 0. The first-order chi connectivity index (χ1) is 9.15. The van der Waals surface area contributed by atoms with Crippen LogP contribution in [-0.4, -0.2) is 25.6 Å². The fraction of sp³-hybridized carbons (Fsp3) is 0.600. The number of alkyl halides is 2. The maximum atomic E-state index is 12.7. The van der Waals surface area contributed by atoms with E-state index in [9.17, 15) is 8.78 Å². The summed E-state index contributed by atoms with van der Waals surface area (Å²) < 4.78 is 30.9. The predicted octanol–water partition coefficient (Wildman–Crippen LogP) is 3.61. The summed E-state index contributed by atoms with van der Waals surface area (Å²) in [6.07, 6.45) is 2.29. The van der Waals surface area contributed by atoms with Crippen molar-refractivity contribution in [1.29, 1.82) is 0 Å². The van der Waals surface area contributed by atoms with Crippen molar-refractivity contribution in [3.63, 3.8) is 0 Å². The fourth-order valence-corrected chi connectivity index (χ4v) is 2.64. The van der Waals surface area contributed by atoms with Crippen molar-refractivity contribution in [3.8, 4) is 5.75 Å². The van der Waals surface area contributed by atoms with Crippen molar-refractivity contribution in [1.82, 2.24) is 5.32 Å². The van der Waals surface area contributed by atoms with E-state index in [1.165, 1.54) is 5.56 Å². The fourth-order valence-electron chi connectivity index (χ4n) is 2.64. The van der Waals surface area contributed by atoms with Crippen LogP contribution in [0.2, 0.25) is 0 Å². The molecule has 0 bridgehead atoms. The molecule has 0 aromatic heterocycles. The second-order valence-electron chi connectivity index (χ2n) is 5.57. The van der Waals surface area contributed by atoms with Crippen LogP contribution in [-0.2, 0) is 0 Å². The molecule has 5 heteroatoms. The van der Waals surface area contributed by atoms with Gasteiger partial charge in [-0.15, -0.1) is 12.4 Å². The lowest BCUT2D eigenvalue weighted by Crippen LogP contribution is -2.26. The first-order valence-corrected chi connectivity index (χ1v) is 6.96. The van der Waals surface area contributed by atoms with E-state index in [4.69, 9.17) is 4.74 Å². The van der Waals surface area contributed by atoms with Crippen LogP contribution in [0.1, 0.15) is 30.7 Å². The molecule has 1 N–H and O–H groups in total. The Morgan fingerprint density at radius 2 is 1.75 bits per heavy atom. The van der Waals surface area contributed by atoms with Gasteiger partial charge in [0.25, 0.3) is 5.92 Å². The second kappa shape index (κ2) is 6.27. The summed E-state index contributed by atoms with van der Waals surface area (Å²) in [7, 11) is 0. The number of benzene rings is 1. The van der Waals surface area contributed by atoms with Crippen molar-refractivity contribution in [2.24, 2.45) is 5.92 Å². The second-order valence-corrected chi connectivity index (χ2v) is 5.57. The minimum atomic E-state index is -2.49. The van der Waals surface area contributed by atoms with E-state index < -0.39 is 11.8 Å². The van der Waals surface area contributed by atoms with Gasteiger partial charge in [0.1, 0.15) is 5.75 Å². The van der Waals surface area contributed by atoms with Crippen LogP contribution < -0.4 is 10.1 Å². The molecular weight excluding hydrogens is 284 g/mol. The van der Waals surface area contributed by atoms with E-state index in [1.54, 1.807) is 0 Å². The van der Waals surface area contributed by atoms with E-state index >= 15 is 0 Å². The van der Waals surface area contributed by atoms with Crippen molar-refractivity contribution in [3.05, 3.63) is 29.8 Å². The molecule has 2 fully saturated rings. The highest BCUT2D eigenvalue weighted by Gasteiger charge is 2.57. The number of nitrogens with one attached hydrogen (secondary N) is 1. The zero-order valence-corrected chi connectivity index (χ0v) is 12.1. The van der Waals surface area contributed by atoms with Crippen molar-refractivity contribution < 1.29 is 13.5 Å². The Kier molecular flexibility index (Phi) is 4.86. The van der Waals surface area contributed by atoms with Gasteiger partial charge in [-0.3, -0.25) is 0 Å². The lowest BCUT2D eigenvalue weighted by molar-refractivity contribution is 0.0856. The smallest absolute Gasteiger partial charge is 0.255 e. The summed E-state index contributed by atoms with van der Waals surface area (Å²) in [4.78, 5) is 0. The normalized spacial score (nSPS) is 24.8. The Morgan fingerprint density at radius 3 is 2.30 bits per heavy atom. The van der Waals surface area contributed by atoms with Gasteiger partial charge < -0.3 is 10.1 Å². The Morgan fingerprint density at radius 1 is 1.15 bits per heavy atom. The lowest BCUT2D eigenvalue weighted by atomic mass is 9.90. The summed E-state index contributed by atoms with van der Waals surface area (Å²) in [5.74, 6) is -1.77. The number of ether oxygens (including phenoxy) is 1. The molecule has 1 aromatic carbocycles. The molecule has 1 saturated heterocycles. The predicted molar refractivity (Wildman–Crippen MR) is 77.1 cm³/mol. The van der Waals surface area contributed by atoms with Gasteiger partial charge in [-0.05, 0) is 49.5 Å². The average molecular weight is 304 g/mol. The summed E-state index contributed by atoms with van der Waals surface area (Å²) in [6, 6.07) is 7.93. The van der Waals surface area contributed by atoms with E-state index in [1.807, 2.05) is 12.1 Å². The molecule has 2 aliphatic rings. The molecule has 1 aromatic rings. The molecule has 0 radical (unpaired) electrons. The number of piperidine rings is 1. The molecule has 1 atom stereocenters. The first kappa shape index (κ1) is 15.5. The Hall–Kier alpha value is -0.870. The highest BCUT2D eigenvalue weighted by molar-refractivity contribution is 5.85.